The van der Waals surface area contributed by atoms with Gasteiger partial charge in [0.2, 0.25) is 5.91 Å². The highest BCUT2D eigenvalue weighted by Crippen LogP contribution is 2.34. The van der Waals surface area contributed by atoms with Crippen molar-refractivity contribution in [3.63, 3.8) is 0 Å². The van der Waals surface area contributed by atoms with E-state index in [2.05, 4.69) is 15.5 Å². The summed E-state index contributed by atoms with van der Waals surface area (Å²) >= 11 is 13.7. The first-order valence-electron chi connectivity index (χ1n) is 8.48. The Morgan fingerprint density at radius 3 is 2.68 bits per heavy atom. The van der Waals surface area contributed by atoms with E-state index in [1.807, 2.05) is 23.6 Å². The van der Waals surface area contributed by atoms with E-state index in [0.29, 0.717) is 39.0 Å². The van der Waals surface area contributed by atoms with Crippen LogP contribution < -0.4 is 10.1 Å². The third-order valence-corrected chi connectivity index (χ3v) is 5.20. The molecule has 1 N–H and O–H groups in total. The number of nitrogens with zero attached hydrogens (tertiary/aromatic N) is 3. The zero-order valence-electron chi connectivity index (χ0n) is 15.3. The van der Waals surface area contributed by atoms with Crippen LogP contribution in [-0.2, 0) is 4.79 Å². The SMILES string of the molecule is CCNC(=O)CSc1nnc(-c2cccc(Cl)c2)n1-c1cc(Cl)ccc1OC. The molecule has 1 heterocycles. The molecule has 0 atom stereocenters. The highest BCUT2D eigenvalue weighted by molar-refractivity contribution is 7.99. The number of hydrogen-bond acceptors (Lipinski definition) is 5. The summed E-state index contributed by atoms with van der Waals surface area (Å²) in [5, 5.41) is 13.1. The smallest absolute Gasteiger partial charge is 0.230 e. The Kier molecular flexibility index (Phi) is 6.83. The molecule has 0 spiro atoms. The summed E-state index contributed by atoms with van der Waals surface area (Å²) in [6.45, 7) is 2.45. The Bertz CT molecular complexity index is 994. The van der Waals surface area contributed by atoms with Gasteiger partial charge in [-0.15, -0.1) is 10.2 Å². The quantitative estimate of drug-likeness (QED) is 0.552. The second-order valence-electron chi connectivity index (χ2n) is 5.71. The molecule has 0 unspecified atom stereocenters. The van der Waals surface area contributed by atoms with E-state index in [1.165, 1.54) is 11.8 Å². The van der Waals surface area contributed by atoms with Crippen LogP contribution in [0.4, 0.5) is 0 Å². The van der Waals surface area contributed by atoms with Gasteiger partial charge in [-0.05, 0) is 37.3 Å². The second kappa shape index (κ2) is 9.32. The number of methoxy groups -OCH3 is 1. The van der Waals surface area contributed by atoms with Gasteiger partial charge in [0, 0.05) is 22.2 Å². The van der Waals surface area contributed by atoms with Gasteiger partial charge in [-0.1, -0.05) is 47.1 Å². The van der Waals surface area contributed by atoms with E-state index in [4.69, 9.17) is 27.9 Å². The standard InChI is InChI=1S/C19H18Cl2N4O2S/c1-3-22-17(26)11-28-19-24-23-18(12-5-4-6-13(20)9-12)25(19)15-10-14(21)7-8-16(15)27-2/h4-10H,3,11H2,1-2H3,(H,22,26). The van der Waals surface area contributed by atoms with E-state index in [-0.39, 0.29) is 11.7 Å². The summed E-state index contributed by atoms with van der Waals surface area (Å²) in [6, 6.07) is 12.6. The van der Waals surface area contributed by atoms with Crippen LogP contribution in [0.3, 0.4) is 0 Å². The average molecular weight is 437 g/mol. The van der Waals surface area contributed by atoms with Crippen molar-refractivity contribution in [3.05, 3.63) is 52.5 Å². The zero-order chi connectivity index (χ0) is 20.1. The lowest BCUT2D eigenvalue weighted by molar-refractivity contribution is -0.118. The maximum absolute atomic E-state index is 11.9. The number of halogens is 2. The van der Waals surface area contributed by atoms with Crippen LogP contribution in [0, 0.1) is 0 Å². The topological polar surface area (TPSA) is 69.0 Å². The van der Waals surface area contributed by atoms with Gasteiger partial charge in [0.15, 0.2) is 11.0 Å². The fraction of sp³-hybridized carbons (Fsp3) is 0.211. The molecular formula is C19H18Cl2N4O2S. The lowest BCUT2D eigenvalue weighted by atomic mass is 10.2. The number of aromatic nitrogens is 3. The van der Waals surface area contributed by atoms with Crippen LogP contribution >= 0.6 is 35.0 Å². The van der Waals surface area contributed by atoms with Crippen molar-refractivity contribution in [1.82, 2.24) is 20.1 Å². The van der Waals surface area contributed by atoms with Crippen molar-refractivity contribution in [3.8, 4) is 22.8 Å². The summed E-state index contributed by atoms with van der Waals surface area (Å²) < 4.78 is 7.33. The number of amides is 1. The molecule has 2 aromatic carbocycles. The van der Waals surface area contributed by atoms with Gasteiger partial charge in [-0.2, -0.15) is 0 Å². The predicted octanol–water partition coefficient (Wildman–Crippen LogP) is 4.48. The number of thioether (sulfide) groups is 1. The normalized spacial score (nSPS) is 10.7. The highest BCUT2D eigenvalue weighted by Gasteiger charge is 2.20. The lowest BCUT2D eigenvalue weighted by Gasteiger charge is -2.14. The molecule has 9 heteroatoms. The van der Waals surface area contributed by atoms with Gasteiger partial charge in [-0.3, -0.25) is 9.36 Å². The maximum atomic E-state index is 11.9. The van der Waals surface area contributed by atoms with Crippen molar-refractivity contribution < 1.29 is 9.53 Å². The molecule has 146 valence electrons. The molecular weight excluding hydrogens is 419 g/mol. The summed E-state index contributed by atoms with van der Waals surface area (Å²) in [7, 11) is 1.58. The Labute approximate surface area is 177 Å². The van der Waals surface area contributed by atoms with Crippen LogP contribution in [0.15, 0.2) is 47.6 Å². The summed E-state index contributed by atoms with van der Waals surface area (Å²) in [6.07, 6.45) is 0. The molecule has 1 aromatic heterocycles. The monoisotopic (exact) mass is 436 g/mol. The molecule has 0 saturated heterocycles. The fourth-order valence-electron chi connectivity index (χ4n) is 2.61. The van der Waals surface area contributed by atoms with Gasteiger partial charge in [0.05, 0.1) is 18.6 Å². The van der Waals surface area contributed by atoms with E-state index in [9.17, 15) is 4.79 Å². The summed E-state index contributed by atoms with van der Waals surface area (Å²) in [4.78, 5) is 11.9. The molecule has 1 amide bonds. The molecule has 0 bridgehead atoms. The van der Waals surface area contributed by atoms with Crippen LogP contribution in [0.1, 0.15) is 6.92 Å². The molecule has 0 aliphatic carbocycles. The minimum atomic E-state index is -0.0792. The van der Waals surface area contributed by atoms with Crippen LogP contribution in [0.25, 0.3) is 17.1 Å². The fourth-order valence-corrected chi connectivity index (χ4v) is 3.74. The molecule has 3 rings (SSSR count). The van der Waals surface area contributed by atoms with Crippen LogP contribution in [-0.4, -0.2) is 40.1 Å². The van der Waals surface area contributed by atoms with Gasteiger partial charge in [0.1, 0.15) is 5.75 Å². The molecule has 6 nitrogen and oxygen atoms in total. The minimum absolute atomic E-state index is 0.0792. The lowest BCUT2D eigenvalue weighted by Crippen LogP contribution is -2.24. The van der Waals surface area contributed by atoms with Crippen molar-refractivity contribution in [2.24, 2.45) is 0 Å². The first-order valence-corrected chi connectivity index (χ1v) is 10.2. The van der Waals surface area contributed by atoms with Gasteiger partial charge < -0.3 is 10.1 Å². The number of ether oxygens (including phenoxy) is 1. The molecule has 0 aliphatic heterocycles. The van der Waals surface area contributed by atoms with Gasteiger partial charge >= 0.3 is 0 Å². The van der Waals surface area contributed by atoms with Crippen molar-refractivity contribution >= 4 is 40.9 Å². The van der Waals surface area contributed by atoms with Crippen LogP contribution in [0.5, 0.6) is 5.75 Å². The average Bonchev–Trinajstić information content (AvgIpc) is 3.10. The highest BCUT2D eigenvalue weighted by atomic mass is 35.5. The number of nitrogens with one attached hydrogen (secondary N) is 1. The van der Waals surface area contributed by atoms with Crippen LogP contribution in [0.2, 0.25) is 10.0 Å². The Morgan fingerprint density at radius 1 is 1.18 bits per heavy atom. The third-order valence-electron chi connectivity index (χ3n) is 3.80. The number of carbonyl (C=O) groups is 1. The number of benzene rings is 2. The molecule has 3 aromatic rings. The largest absolute Gasteiger partial charge is 0.495 e. The van der Waals surface area contributed by atoms with Crippen molar-refractivity contribution in [2.75, 3.05) is 19.4 Å². The molecule has 0 aliphatic rings. The third kappa shape index (κ3) is 4.60. The van der Waals surface area contributed by atoms with E-state index in [0.717, 1.165) is 5.56 Å². The molecule has 0 saturated carbocycles. The second-order valence-corrected chi connectivity index (χ2v) is 7.53. The number of rotatable bonds is 7. The predicted molar refractivity (Wildman–Crippen MR) is 113 cm³/mol. The maximum Gasteiger partial charge on any atom is 0.230 e. The first-order chi connectivity index (χ1) is 13.5. The zero-order valence-corrected chi connectivity index (χ0v) is 17.6. The molecule has 0 radical (unpaired) electrons. The van der Waals surface area contributed by atoms with Crippen molar-refractivity contribution in [1.29, 1.82) is 0 Å². The first kappa shape index (κ1) is 20.5. The number of carbonyl (C=O) groups excluding carboxylic acids is 1. The summed E-state index contributed by atoms with van der Waals surface area (Å²) in [5.41, 5.74) is 1.46. The Morgan fingerprint density at radius 2 is 1.96 bits per heavy atom. The van der Waals surface area contributed by atoms with Crippen molar-refractivity contribution in [2.45, 2.75) is 12.1 Å². The number of hydrogen-bond donors (Lipinski definition) is 1. The minimum Gasteiger partial charge on any atom is -0.495 e. The molecule has 0 fully saturated rings. The Balaban J connectivity index is 2.12. The van der Waals surface area contributed by atoms with E-state index < -0.39 is 0 Å². The molecule has 28 heavy (non-hydrogen) atoms. The van der Waals surface area contributed by atoms with E-state index >= 15 is 0 Å². The summed E-state index contributed by atoms with van der Waals surface area (Å²) in [5.74, 6) is 1.31. The Hall–Kier alpha value is -2.22. The van der Waals surface area contributed by atoms with Gasteiger partial charge in [-0.25, -0.2) is 0 Å². The van der Waals surface area contributed by atoms with E-state index in [1.54, 1.807) is 37.4 Å². The van der Waals surface area contributed by atoms with Gasteiger partial charge in [0.25, 0.3) is 0 Å².